The van der Waals surface area contributed by atoms with Crippen molar-refractivity contribution >= 4 is 41.8 Å². The molecular weight excluding hydrogens is 469 g/mol. The Balaban J connectivity index is 0.00000280. The molecule has 1 aliphatic rings. The molecule has 1 aromatic heterocycles. The zero-order valence-corrected chi connectivity index (χ0v) is 18.1. The Bertz CT molecular complexity index is 806. The molecule has 0 radical (unpaired) electrons. The Labute approximate surface area is 181 Å². The van der Waals surface area contributed by atoms with Crippen molar-refractivity contribution in [1.82, 2.24) is 20.5 Å². The minimum Gasteiger partial charge on any atom is -0.357 e. The summed E-state index contributed by atoms with van der Waals surface area (Å²) < 4.78 is 0. The molecule has 0 aliphatic carbocycles. The van der Waals surface area contributed by atoms with Crippen molar-refractivity contribution < 1.29 is 9.59 Å². The molecule has 3 rings (SSSR count). The highest BCUT2D eigenvalue weighted by Gasteiger charge is 2.34. The van der Waals surface area contributed by atoms with Crippen LogP contribution in [0.15, 0.2) is 53.7 Å². The van der Waals surface area contributed by atoms with Gasteiger partial charge in [0.05, 0.1) is 11.1 Å². The molecule has 1 aromatic carbocycles. The summed E-state index contributed by atoms with van der Waals surface area (Å²) in [6.07, 6.45) is 2.51. The van der Waals surface area contributed by atoms with E-state index in [-0.39, 0.29) is 42.3 Å². The molecule has 0 saturated carbocycles. The third-order valence-corrected chi connectivity index (χ3v) is 4.21. The van der Waals surface area contributed by atoms with E-state index in [1.807, 2.05) is 25.1 Å². The molecule has 2 heterocycles. The number of hydrogen-bond acceptors (Lipinski definition) is 4. The Hall–Kier alpha value is -2.49. The fraction of sp³-hybridized carbons (Fsp3) is 0.300. The second kappa shape index (κ2) is 10.7. The van der Waals surface area contributed by atoms with Crippen LogP contribution in [0.1, 0.15) is 33.3 Å². The molecular formula is C20H24IN5O2. The van der Waals surface area contributed by atoms with Crippen molar-refractivity contribution in [3.63, 3.8) is 0 Å². The molecule has 2 aromatic rings. The first-order valence-corrected chi connectivity index (χ1v) is 9.08. The number of guanidine groups is 1. The lowest BCUT2D eigenvalue weighted by molar-refractivity contribution is 0.0657. The van der Waals surface area contributed by atoms with Gasteiger partial charge in [-0.05, 0) is 31.2 Å². The SMILES string of the molecule is CCNC(=NCCc1ccccn1)NCCN1C(=O)c2ccccc2C1=O.I. The quantitative estimate of drug-likeness (QED) is 0.267. The maximum absolute atomic E-state index is 12.4. The van der Waals surface area contributed by atoms with Gasteiger partial charge in [0, 0.05) is 44.5 Å². The molecule has 7 nitrogen and oxygen atoms in total. The topological polar surface area (TPSA) is 86.7 Å². The molecule has 28 heavy (non-hydrogen) atoms. The molecule has 0 fully saturated rings. The lowest BCUT2D eigenvalue weighted by Crippen LogP contribution is -2.43. The number of carbonyl (C=O) groups excluding carboxylic acids is 2. The van der Waals surface area contributed by atoms with Gasteiger partial charge < -0.3 is 10.6 Å². The van der Waals surface area contributed by atoms with E-state index in [9.17, 15) is 9.59 Å². The number of rotatable bonds is 7. The molecule has 0 unspecified atom stereocenters. The predicted molar refractivity (Wildman–Crippen MR) is 119 cm³/mol. The monoisotopic (exact) mass is 493 g/mol. The molecule has 2 N–H and O–H groups in total. The van der Waals surface area contributed by atoms with Gasteiger partial charge in [-0.3, -0.25) is 24.5 Å². The Morgan fingerprint density at radius 1 is 1.04 bits per heavy atom. The number of nitrogens with zero attached hydrogens (tertiary/aromatic N) is 3. The van der Waals surface area contributed by atoms with Crippen LogP contribution in [0.3, 0.4) is 0 Å². The summed E-state index contributed by atoms with van der Waals surface area (Å²) in [5, 5.41) is 6.34. The van der Waals surface area contributed by atoms with Crippen molar-refractivity contribution in [2.45, 2.75) is 13.3 Å². The van der Waals surface area contributed by atoms with Gasteiger partial charge in [-0.1, -0.05) is 18.2 Å². The number of nitrogens with one attached hydrogen (secondary N) is 2. The lowest BCUT2D eigenvalue weighted by atomic mass is 10.1. The number of halogens is 1. The van der Waals surface area contributed by atoms with Crippen LogP contribution in [0.5, 0.6) is 0 Å². The van der Waals surface area contributed by atoms with E-state index in [0.717, 1.165) is 18.7 Å². The van der Waals surface area contributed by atoms with Crippen molar-refractivity contribution in [3.8, 4) is 0 Å². The van der Waals surface area contributed by atoms with Gasteiger partial charge in [0.2, 0.25) is 0 Å². The minimum absolute atomic E-state index is 0. The lowest BCUT2D eigenvalue weighted by Gasteiger charge is -2.16. The van der Waals surface area contributed by atoms with Gasteiger partial charge in [-0.2, -0.15) is 0 Å². The number of imide groups is 1. The van der Waals surface area contributed by atoms with E-state index in [1.54, 1.807) is 30.5 Å². The maximum Gasteiger partial charge on any atom is 0.261 e. The summed E-state index contributed by atoms with van der Waals surface area (Å²) in [6, 6.07) is 12.7. The van der Waals surface area contributed by atoms with E-state index < -0.39 is 0 Å². The molecule has 0 spiro atoms. The van der Waals surface area contributed by atoms with Crippen LogP contribution in [0.4, 0.5) is 0 Å². The number of amides is 2. The standard InChI is InChI=1S/C20H23N5O2.HI/c1-2-21-20(23-12-10-15-7-5-6-11-22-15)24-13-14-25-18(26)16-8-3-4-9-17(16)19(25)27;/h3-9,11H,2,10,12-14H2,1H3,(H2,21,23,24);1H. The summed E-state index contributed by atoms with van der Waals surface area (Å²) in [6.45, 7) is 4.03. The molecule has 0 atom stereocenters. The van der Waals surface area contributed by atoms with Gasteiger partial charge in [-0.25, -0.2) is 0 Å². The second-order valence-corrected chi connectivity index (χ2v) is 6.07. The summed E-state index contributed by atoms with van der Waals surface area (Å²) >= 11 is 0. The number of aromatic nitrogens is 1. The zero-order chi connectivity index (χ0) is 19.1. The Kier molecular flexibility index (Phi) is 8.37. The molecule has 0 bridgehead atoms. The summed E-state index contributed by atoms with van der Waals surface area (Å²) in [7, 11) is 0. The average molecular weight is 493 g/mol. The number of fused-ring (bicyclic) bond motifs is 1. The highest BCUT2D eigenvalue weighted by Crippen LogP contribution is 2.21. The number of carbonyl (C=O) groups is 2. The largest absolute Gasteiger partial charge is 0.357 e. The first-order chi connectivity index (χ1) is 13.2. The fourth-order valence-corrected chi connectivity index (χ4v) is 2.90. The number of hydrogen-bond donors (Lipinski definition) is 2. The van der Waals surface area contributed by atoms with E-state index in [2.05, 4.69) is 20.6 Å². The highest BCUT2D eigenvalue weighted by molar-refractivity contribution is 14.0. The third kappa shape index (κ3) is 5.28. The first-order valence-electron chi connectivity index (χ1n) is 9.08. The van der Waals surface area contributed by atoms with Gasteiger partial charge in [0.15, 0.2) is 5.96 Å². The van der Waals surface area contributed by atoms with Crippen LogP contribution in [0.25, 0.3) is 0 Å². The molecule has 1 aliphatic heterocycles. The minimum atomic E-state index is -0.241. The predicted octanol–water partition coefficient (Wildman–Crippen LogP) is 2.09. The maximum atomic E-state index is 12.4. The number of pyridine rings is 1. The highest BCUT2D eigenvalue weighted by atomic mass is 127. The number of aliphatic imine (C=N–C) groups is 1. The average Bonchev–Trinajstić information content (AvgIpc) is 2.94. The summed E-state index contributed by atoms with van der Waals surface area (Å²) in [5.74, 6) is 0.175. The van der Waals surface area contributed by atoms with Crippen molar-refractivity contribution in [3.05, 3.63) is 65.5 Å². The van der Waals surface area contributed by atoms with E-state index in [1.165, 1.54) is 4.90 Å². The number of benzene rings is 1. The van der Waals surface area contributed by atoms with Gasteiger partial charge in [-0.15, -0.1) is 24.0 Å². The first kappa shape index (κ1) is 21.8. The smallest absolute Gasteiger partial charge is 0.261 e. The van der Waals surface area contributed by atoms with Crippen LogP contribution in [0.2, 0.25) is 0 Å². The van der Waals surface area contributed by atoms with Crippen LogP contribution in [0, 0.1) is 0 Å². The van der Waals surface area contributed by atoms with Crippen molar-refractivity contribution in [2.75, 3.05) is 26.2 Å². The van der Waals surface area contributed by atoms with Crippen LogP contribution in [-0.4, -0.2) is 53.8 Å². The van der Waals surface area contributed by atoms with Crippen LogP contribution in [-0.2, 0) is 6.42 Å². The van der Waals surface area contributed by atoms with E-state index in [4.69, 9.17) is 0 Å². The molecule has 2 amide bonds. The Morgan fingerprint density at radius 2 is 1.71 bits per heavy atom. The van der Waals surface area contributed by atoms with E-state index in [0.29, 0.717) is 30.2 Å². The zero-order valence-electron chi connectivity index (χ0n) is 15.7. The molecule has 148 valence electrons. The van der Waals surface area contributed by atoms with Gasteiger partial charge >= 0.3 is 0 Å². The van der Waals surface area contributed by atoms with E-state index >= 15 is 0 Å². The normalized spacial score (nSPS) is 13.2. The fourth-order valence-electron chi connectivity index (χ4n) is 2.90. The molecule has 0 saturated heterocycles. The summed E-state index contributed by atoms with van der Waals surface area (Å²) in [5.41, 5.74) is 1.93. The van der Waals surface area contributed by atoms with Crippen LogP contribution < -0.4 is 10.6 Å². The van der Waals surface area contributed by atoms with Crippen molar-refractivity contribution in [2.24, 2.45) is 4.99 Å². The Morgan fingerprint density at radius 3 is 2.32 bits per heavy atom. The second-order valence-electron chi connectivity index (χ2n) is 6.07. The van der Waals surface area contributed by atoms with Gasteiger partial charge in [0.25, 0.3) is 11.8 Å². The van der Waals surface area contributed by atoms with Crippen molar-refractivity contribution in [1.29, 1.82) is 0 Å². The van der Waals surface area contributed by atoms with Gasteiger partial charge in [0.1, 0.15) is 0 Å². The van der Waals surface area contributed by atoms with Crippen LogP contribution >= 0.6 is 24.0 Å². The third-order valence-electron chi connectivity index (χ3n) is 4.21. The molecule has 8 heteroatoms. The summed E-state index contributed by atoms with van der Waals surface area (Å²) in [4.78, 5) is 34.8.